The molecule has 21 heavy (non-hydrogen) atoms. The molecule has 4 nitrogen and oxygen atoms in total. The van der Waals surface area contributed by atoms with Gasteiger partial charge >= 0.3 is 0 Å². The second-order valence-corrected chi connectivity index (χ2v) is 5.55. The van der Waals surface area contributed by atoms with E-state index >= 15 is 0 Å². The van der Waals surface area contributed by atoms with E-state index in [-0.39, 0.29) is 0 Å². The molecule has 5 heteroatoms. The molecule has 0 aliphatic carbocycles. The van der Waals surface area contributed by atoms with Crippen LogP contribution < -0.4 is 10.2 Å². The summed E-state index contributed by atoms with van der Waals surface area (Å²) in [4.78, 5) is 2.09. The maximum absolute atomic E-state index is 6.42. The Labute approximate surface area is 131 Å². The van der Waals surface area contributed by atoms with E-state index in [1.165, 1.54) is 5.69 Å². The van der Waals surface area contributed by atoms with E-state index in [9.17, 15) is 0 Å². The molecular formula is C16H23ClN4. The average molecular weight is 307 g/mol. The molecule has 0 atom stereocenters. The van der Waals surface area contributed by atoms with Crippen LogP contribution in [0.1, 0.15) is 25.2 Å². The van der Waals surface area contributed by atoms with Crippen molar-refractivity contribution in [2.75, 3.05) is 24.3 Å². The zero-order valence-corrected chi connectivity index (χ0v) is 13.9. The van der Waals surface area contributed by atoms with Crippen molar-refractivity contribution < 1.29 is 0 Å². The van der Waals surface area contributed by atoms with Crippen molar-refractivity contribution in [2.24, 2.45) is 0 Å². The molecule has 1 N–H and O–H groups in total. The molecule has 2 aromatic rings. The molecule has 0 saturated heterocycles. The van der Waals surface area contributed by atoms with Gasteiger partial charge in [0.25, 0.3) is 0 Å². The Bertz CT molecular complexity index is 604. The highest BCUT2D eigenvalue weighted by Crippen LogP contribution is 2.23. The van der Waals surface area contributed by atoms with E-state index in [1.807, 2.05) is 24.8 Å². The third kappa shape index (κ3) is 3.50. The SMILES string of the molecule is CCc1nn(CC)c(CNc2cccc(N(C)C)c2)c1Cl. The lowest BCUT2D eigenvalue weighted by Gasteiger charge is -2.14. The second-order valence-electron chi connectivity index (χ2n) is 5.17. The summed E-state index contributed by atoms with van der Waals surface area (Å²) in [6, 6.07) is 8.33. The van der Waals surface area contributed by atoms with Crippen molar-refractivity contribution in [2.45, 2.75) is 33.4 Å². The van der Waals surface area contributed by atoms with Gasteiger partial charge in [-0.2, -0.15) is 5.10 Å². The molecule has 0 amide bonds. The van der Waals surface area contributed by atoms with Gasteiger partial charge in [-0.15, -0.1) is 0 Å². The van der Waals surface area contributed by atoms with E-state index in [0.717, 1.165) is 35.1 Å². The van der Waals surface area contributed by atoms with Crippen LogP contribution in [0.2, 0.25) is 5.02 Å². The highest BCUT2D eigenvalue weighted by Gasteiger charge is 2.13. The predicted molar refractivity (Wildman–Crippen MR) is 90.4 cm³/mol. The predicted octanol–water partition coefficient (Wildman–Crippen LogP) is 3.80. The van der Waals surface area contributed by atoms with Gasteiger partial charge in [0.15, 0.2) is 0 Å². The molecular weight excluding hydrogens is 284 g/mol. The van der Waals surface area contributed by atoms with Gasteiger partial charge in [0, 0.05) is 32.0 Å². The van der Waals surface area contributed by atoms with E-state index in [2.05, 4.69) is 47.4 Å². The third-order valence-corrected chi connectivity index (χ3v) is 3.95. The summed E-state index contributed by atoms with van der Waals surface area (Å²) in [6.45, 7) is 5.66. The number of rotatable bonds is 6. The summed E-state index contributed by atoms with van der Waals surface area (Å²) in [7, 11) is 4.07. The largest absolute Gasteiger partial charge is 0.379 e. The maximum atomic E-state index is 6.42. The monoisotopic (exact) mass is 306 g/mol. The zero-order valence-electron chi connectivity index (χ0n) is 13.2. The molecule has 114 valence electrons. The number of aryl methyl sites for hydroxylation is 2. The minimum Gasteiger partial charge on any atom is -0.379 e. The maximum Gasteiger partial charge on any atom is 0.0868 e. The highest BCUT2D eigenvalue weighted by atomic mass is 35.5. The Balaban J connectivity index is 2.16. The van der Waals surface area contributed by atoms with E-state index < -0.39 is 0 Å². The number of anilines is 2. The molecule has 0 spiro atoms. The van der Waals surface area contributed by atoms with Gasteiger partial charge in [0.1, 0.15) is 0 Å². The first-order valence-electron chi connectivity index (χ1n) is 7.32. The zero-order chi connectivity index (χ0) is 15.4. The van der Waals surface area contributed by atoms with Gasteiger partial charge in [-0.25, -0.2) is 0 Å². The number of hydrogen-bond acceptors (Lipinski definition) is 3. The molecule has 0 radical (unpaired) electrons. The molecule has 1 aromatic carbocycles. The van der Waals surface area contributed by atoms with Crippen LogP contribution in [0, 0.1) is 0 Å². The first kappa shape index (κ1) is 15.7. The molecule has 0 fully saturated rings. The topological polar surface area (TPSA) is 33.1 Å². The molecule has 0 unspecified atom stereocenters. The Hall–Kier alpha value is -1.68. The fraction of sp³-hybridized carbons (Fsp3) is 0.438. The minimum absolute atomic E-state index is 0.677. The average Bonchev–Trinajstić information content (AvgIpc) is 2.81. The number of hydrogen-bond donors (Lipinski definition) is 1. The molecule has 1 heterocycles. The number of benzene rings is 1. The van der Waals surface area contributed by atoms with Gasteiger partial charge in [-0.1, -0.05) is 24.6 Å². The van der Waals surface area contributed by atoms with Crippen LogP contribution in [0.4, 0.5) is 11.4 Å². The second kappa shape index (κ2) is 6.85. The molecule has 0 saturated carbocycles. The van der Waals surface area contributed by atoms with Crippen LogP contribution >= 0.6 is 11.6 Å². The number of nitrogens with zero attached hydrogens (tertiary/aromatic N) is 3. The van der Waals surface area contributed by atoms with E-state index in [4.69, 9.17) is 11.6 Å². The van der Waals surface area contributed by atoms with Gasteiger partial charge in [0.2, 0.25) is 0 Å². The van der Waals surface area contributed by atoms with Gasteiger partial charge < -0.3 is 10.2 Å². The fourth-order valence-electron chi connectivity index (χ4n) is 2.27. The number of nitrogens with one attached hydrogen (secondary N) is 1. The molecule has 2 rings (SSSR count). The van der Waals surface area contributed by atoms with Gasteiger partial charge in [-0.3, -0.25) is 4.68 Å². The van der Waals surface area contributed by atoms with Crippen molar-refractivity contribution in [1.82, 2.24) is 9.78 Å². The number of aromatic nitrogens is 2. The summed E-state index contributed by atoms with van der Waals surface area (Å²) >= 11 is 6.42. The quantitative estimate of drug-likeness (QED) is 0.881. The Morgan fingerprint density at radius 1 is 1.29 bits per heavy atom. The van der Waals surface area contributed by atoms with Crippen LogP contribution in [-0.4, -0.2) is 23.9 Å². The minimum atomic E-state index is 0.677. The Morgan fingerprint density at radius 2 is 2.05 bits per heavy atom. The van der Waals surface area contributed by atoms with Crippen LogP contribution in [-0.2, 0) is 19.5 Å². The first-order valence-corrected chi connectivity index (χ1v) is 7.69. The van der Waals surface area contributed by atoms with Gasteiger partial charge in [-0.05, 0) is 31.5 Å². The molecule has 0 aliphatic heterocycles. The molecule has 0 aliphatic rings. The van der Waals surface area contributed by atoms with Crippen molar-refractivity contribution in [3.8, 4) is 0 Å². The summed E-state index contributed by atoms with van der Waals surface area (Å²) in [6.07, 6.45) is 0.856. The van der Waals surface area contributed by atoms with Crippen LogP contribution in [0.25, 0.3) is 0 Å². The summed E-state index contributed by atoms with van der Waals surface area (Å²) in [5.41, 5.74) is 4.27. The lowest BCUT2D eigenvalue weighted by atomic mass is 10.2. The van der Waals surface area contributed by atoms with Crippen molar-refractivity contribution >= 4 is 23.0 Å². The summed E-state index contributed by atoms with van der Waals surface area (Å²) in [5.74, 6) is 0. The third-order valence-electron chi connectivity index (χ3n) is 3.52. The van der Waals surface area contributed by atoms with E-state index in [0.29, 0.717) is 6.54 Å². The summed E-state index contributed by atoms with van der Waals surface area (Å²) in [5, 5.41) is 8.77. The normalized spacial score (nSPS) is 10.7. The van der Waals surface area contributed by atoms with E-state index in [1.54, 1.807) is 0 Å². The van der Waals surface area contributed by atoms with Crippen LogP contribution in [0.3, 0.4) is 0 Å². The lowest BCUT2D eigenvalue weighted by molar-refractivity contribution is 0.619. The Morgan fingerprint density at radius 3 is 2.67 bits per heavy atom. The standard InChI is InChI=1S/C16H23ClN4/c1-5-14-16(17)15(21(6-2)19-14)11-18-12-8-7-9-13(10-12)20(3)4/h7-10,18H,5-6,11H2,1-4H3. The first-order chi connectivity index (χ1) is 10.1. The van der Waals surface area contributed by atoms with Crippen LogP contribution in [0.15, 0.2) is 24.3 Å². The van der Waals surface area contributed by atoms with Crippen molar-refractivity contribution in [1.29, 1.82) is 0 Å². The molecule has 0 bridgehead atoms. The van der Waals surface area contributed by atoms with Crippen molar-refractivity contribution in [3.05, 3.63) is 40.7 Å². The summed E-state index contributed by atoms with van der Waals surface area (Å²) < 4.78 is 1.98. The van der Waals surface area contributed by atoms with Crippen molar-refractivity contribution in [3.63, 3.8) is 0 Å². The fourth-order valence-corrected chi connectivity index (χ4v) is 2.60. The highest BCUT2D eigenvalue weighted by molar-refractivity contribution is 6.31. The number of halogens is 1. The lowest BCUT2D eigenvalue weighted by Crippen LogP contribution is -2.10. The van der Waals surface area contributed by atoms with Crippen LogP contribution in [0.5, 0.6) is 0 Å². The molecule has 1 aromatic heterocycles. The smallest absolute Gasteiger partial charge is 0.0868 e. The Kier molecular flexibility index (Phi) is 5.12. The van der Waals surface area contributed by atoms with Gasteiger partial charge in [0.05, 0.1) is 23.0 Å².